The summed E-state index contributed by atoms with van der Waals surface area (Å²) < 4.78 is 0. The molecule has 1 heterocycles. The van der Waals surface area contributed by atoms with Crippen molar-refractivity contribution >= 4 is 5.78 Å². The molecule has 21 heavy (non-hydrogen) atoms. The summed E-state index contributed by atoms with van der Waals surface area (Å²) in [6.07, 6.45) is 1.03. The van der Waals surface area contributed by atoms with E-state index in [0.29, 0.717) is 5.78 Å². The number of ketones is 1. The summed E-state index contributed by atoms with van der Waals surface area (Å²) in [7, 11) is 0. The summed E-state index contributed by atoms with van der Waals surface area (Å²) in [5, 5.41) is 0. The summed E-state index contributed by atoms with van der Waals surface area (Å²) in [6, 6.07) is 6.43. The molecule has 1 aromatic rings. The van der Waals surface area contributed by atoms with E-state index in [1.165, 1.54) is 16.7 Å². The minimum atomic E-state index is -0.326. The highest BCUT2D eigenvalue weighted by Gasteiger charge is 2.41. The van der Waals surface area contributed by atoms with E-state index in [4.69, 9.17) is 0 Å². The van der Waals surface area contributed by atoms with Crippen LogP contribution in [0.4, 0.5) is 0 Å². The fourth-order valence-corrected chi connectivity index (χ4v) is 3.17. The summed E-state index contributed by atoms with van der Waals surface area (Å²) in [4.78, 5) is 15.5. The van der Waals surface area contributed by atoms with Crippen LogP contribution in [0.15, 0.2) is 18.2 Å². The van der Waals surface area contributed by atoms with Gasteiger partial charge in [-0.25, -0.2) is 0 Å². The van der Waals surface area contributed by atoms with Crippen LogP contribution in [0.25, 0.3) is 0 Å². The van der Waals surface area contributed by atoms with Crippen LogP contribution >= 0.6 is 0 Å². The highest BCUT2D eigenvalue weighted by atomic mass is 16.1. The number of fused-ring (bicyclic) bond motifs is 1. The molecule has 0 fully saturated rings. The average molecular weight is 287 g/mol. The normalized spacial score (nSPS) is 20.2. The van der Waals surface area contributed by atoms with E-state index >= 15 is 0 Å². The molecule has 0 aliphatic carbocycles. The molecule has 0 bridgehead atoms. The van der Waals surface area contributed by atoms with Gasteiger partial charge < -0.3 is 0 Å². The standard InChI is InChI=1S/C19H29NO/c1-13-8-9-15-14(12-13)10-11-20(19(5,6)7)16(15)17(21)18(2,3)4/h8-9,12,16H,10-11H2,1-7H3. The fourth-order valence-electron chi connectivity index (χ4n) is 3.17. The van der Waals surface area contributed by atoms with Gasteiger partial charge in [-0.2, -0.15) is 0 Å². The molecule has 1 unspecified atom stereocenters. The smallest absolute Gasteiger partial charge is 0.159 e. The van der Waals surface area contributed by atoms with E-state index in [1.54, 1.807) is 0 Å². The summed E-state index contributed by atoms with van der Waals surface area (Å²) in [5.74, 6) is 0.322. The Morgan fingerprint density at radius 1 is 1.14 bits per heavy atom. The Morgan fingerprint density at radius 2 is 1.76 bits per heavy atom. The second kappa shape index (κ2) is 5.24. The molecule has 0 saturated heterocycles. The minimum Gasteiger partial charge on any atom is -0.297 e. The Hall–Kier alpha value is -1.15. The van der Waals surface area contributed by atoms with Crippen molar-refractivity contribution in [2.24, 2.45) is 5.41 Å². The molecule has 0 amide bonds. The third-order valence-electron chi connectivity index (χ3n) is 4.38. The zero-order chi connectivity index (χ0) is 16.0. The maximum absolute atomic E-state index is 13.1. The highest BCUT2D eigenvalue weighted by Crippen LogP contribution is 2.39. The molecule has 0 saturated carbocycles. The topological polar surface area (TPSA) is 20.3 Å². The van der Waals surface area contributed by atoms with Gasteiger partial charge in [0.25, 0.3) is 0 Å². The van der Waals surface area contributed by atoms with Crippen molar-refractivity contribution in [1.82, 2.24) is 4.90 Å². The molecule has 2 rings (SSSR count). The van der Waals surface area contributed by atoms with Crippen LogP contribution in [0.3, 0.4) is 0 Å². The maximum atomic E-state index is 13.1. The predicted octanol–water partition coefficient (Wildman–Crippen LogP) is 4.31. The SMILES string of the molecule is Cc1ccc2c(c1)CCN(C(C)(C)C)C2C(=O)C(C)(C)C. The second-order valence-electron chi connectivity index (χ2n) is 8.33. The molecule has 0 spiro atoms. The minimum absolute atomic E-state index is 0.00580. The molecule has 0 aromatic heterocycles. The molecule has 1 aliphatic rings. The van der Waals surface area contributed by atoms with Gasteiger partial charge in [-0.1, -0.05) is 44.5 Å². The van der Waals surface area contributed by atoms with Crippen LogP contribution in [0.2, 0.25) is 0 Å². The number of aryl methyl sites for hydroxylation is 1. The number of carbonyl (C=O) groups is 1. The monoisotopic (exact) mass is 287 g/mol. The van der Waals surface area contributed by atoms with Crippen LogP contribution in [0, 0.1) is 12.3 Å². The summed E-state index contributed by atoms with van der Waals surface area (Å²) in [5.41, 5.74) is 3.50. The van der Waals surface area contributed by atoms with Crippen LogP contribution in [0.5, 0.6) is 0 Å². The Labute approximate surface area is 129 Å². The Balaban J connectivity index is 2.55. The van der Waals surface area contributed by atoms with Crippen LogP contribution in [-0.2, 0) is 11.2 Å². The van der Waals surface area contributed by atoms with Crippen LogP contribution in [0.1, 0.15) is 64.3 Å². The van der Waals surface area contributed by atoms with Gasteiger partial charge in [-0.05, 0) is 45.2 Å². The fraction of sp³-hybridized carbons (Fsp3) is 0.632. The number of rotatable bonds is 1. The van der Waals surface area contributed by atoms with Crippen molar-refractivity contribution in [3.8, 4) is 0 Å². The number of benzene rings is 1. The van der Waals surface area contributed by atoms with Crippen LogP contribution < -0.4 is 0 Å². The predicted molar refractivity (Wildman–Crippen MR) is 88.5 cm³/mol. The van der Waals surface area contributed by atoms with Crippen molar-refractivity contribution in [2.45, 2.75) is 66.5 Å². The zero-order valence-electron chi connectivity index (χ0n) is 14.6. The first-order valence-electron chi connectivity index (χ1n) is 7.92. The average Bonchev–Trinajstić information content (AvgIpc) is 2.33. The molecule has 2 nitrogen and oxygen atoms in total. The number of hydrogen-bond acceptors (Lipinski definition) is 2. The molecular weight excluding hydrogens is 258 g/mol. The molecule has 0 N–H and O–H groups in total. The van der Waals surface area contributed by atoms with Gasteiger partial charge in [0, 0.05) is 17.5 Å². The molecule has 1 aliphatic heterocycles. The van der Waals surface area contributed by atoms with Crippen molar-refractivity contribution in [3.05, 3.63) is 34.9 Å². The third kappa shape index (κ3) is 3.21. The lowest BCUT2D eigenvalue weighted by atomic mass is 9.78. The largest absolute Gasteiger partial charge is 0.297 e. The first-order valence-corrected chi connectivity index (χ1v) is 7.92. The van der Waals surface area contributed by atoms with Crippen molar-refractivity contribution in [1.29, 1.82) is 0 Å². The molecule has 116 valence electrons. The van der Waals surface area contributed by atoms with Gasteiger partial charge in [-0.3, -0.25) is 9.69 Å². The Kier molecular flexibility index (Phi) is 4.05. The van der Waals surface area contributed by atoms with Gasteiger partial charge in [0.1, 0.15) is 0 Å². The lowest BCUT2D eigenvalue weighted by molar-refractivity contribution is -0.135. The van der Waals surface area contributed by atoms with E-state index in [0.717, 1.165) is 13.0 Å². The summed E-state index contributed by atoms with van der Waals surface area (Å²) >= 11 is 0. The van der Waals surface area contributed by atoms with E-state index in [2.05, 4.69) is 50.8 Å². The highest BCUT2D eigenvalue weighted by molar-refractivity contribution is 5.90. The number of hydrogen-bond donors (Lipinski definition) is 0. The van der Waals surface area contributed by atoms with Crippen molar-refractivity contribution < 1.29 is 4.79 Å². The maximum Gasteiger partial charge on any atom is 0.159 e. The Bertz CT molecular complexity index is 546. The van der Waals surface area contributed by atoms with Gasteiger partial charge in [0.15, 0.2) is 5.78 Å². The zero-order valence-corrected chi connectivity index (χ0v) is 14.6. The van der Waals surface area contributed by atoms with Gasteiger partial charge in [-0.15, -0.1) is 0 Å². The van der Waals surface area contributed by atoms with Crippen LogP contribution in [-0.4, -0.2) is 22.8 Å². The van der Waals surface area contributed by atoms with Gasteiger partial charge in [0.05, 0.1) is 6.04 Å². The lowest BCUT2D eigenvalue weighted by Crippen LogP contribution is -2.51. The number of Topliss-reactive ketones (excluding diaryl/α,β-unsaturated/α-hetero) is 1. The Morgan fingerprint density at radius 3 is 2.29 bits per heavy atom. The third-order valence-corrected chi connectivity index (χ3v) is 4.38. The summed E-state index contributed by atoms with van der Waals surface area (Å²) in [6.45, 7) is 15.8. The molecule has 1 atom stereocenters. The number of nitrogens with zero attached hydrogens (tertiary/aromatic N) is 1. The van der Waals surface area contributed by atoms with E-state index < -0.39 is 0 Å². The number of carbonyl (C=O) groups excluding carboxylic acids is 1. The van der Waals surface area contributed by atoms with E-state index in [-0.39, 0.29) is 17.0 Å². The molecular formula is C19H29NO. The van der Waals surface area contributed by atoms with Crippen molar-refractivity contribution in [2.75, 3.05) is 6.54 Å². The molecule has 0 radical (unpaired) electrons. The van der Waals surface area contributed by atoms with Gasteiger partial charge in [0.2, 0.25) is 0 Å². The molecule has 1 aromatic carbocycles. The van der Waals surface area contributed by atoms with Crippen molar-refractivity contribution in [3.63, 3.8) is 0 Å². The first kappa shape index (κ1) is 16.2. The second-order valence-corrected chi connectivity index (χ2v) is 8.33. The van der Waals surface area contributed by atoms with E-state index in [1.807, 2.05) is 20.8 Å². The van der Waals surface area contributed by atoms with Gasteiger partial charge >= 0.3 is 0 Å². The quantitative estimate of drug-likeness (QED) is 0.767. The van der Waals surface area contributed by atoms with E-state index in [9.17, 15) is 4.79 Å². The first-order chi connectivity index (χ1) is 9.51. The molecule has 2 heteroatoms. The lowest BCUT2D eigenvalue weighted by Gasteiger charge is -2.46.